The summed E-state index contributed by atoms with van der Waals surface area (Å²) < 4.78 is 0. The van der Waals surface area contributed by atoms with Crippen LogP contribution < -0.4 is 10.6 Å². The van der Waals surface area contributed by atoms with E-state index in [1.165, 1.54) is 25.9 Å². The van der Waals surface area contributed by atoms with E-state index >= 15 is 0 Å². The molecule has 2 heteroatoms. The summed E-state index contributed by atoms with van der Waals surface area (Å²) in [7, 11) is 0. The minimum atomic E-state index is 0.679. The van der Waals surface area contributed by atoms with Gasteiger partial charge in [-0.1, -0.05) is 0 Å². The summed E-state index contributed by atoms with van der Waals surface area (Å²) >= 11 is 0. The third kappa shape index (κ3) is 0.970. The predicted octanol–water partition coefficient (Wildman–Crippen LogP) is 0.120. The topological polar surface area (TPSA) is 24.1 Å². The van der Waals surface area contributed by atoms with Gasteiger partial charge in [0.2, 0.25) is 0 Å². The second-order valence-corrected chi connectivity index (χ2v) is 2.94. The largest absolute Gasteiger partial charge is 0.312 e. The Labute approximate surface area is 56.0 Å². The molecule has 2 aliphatic heterocycles. The SMILES string of the molecule is [CH]1NCCC2CCNC12. The van der Waals surface area contributed by atoms with Crippen LogP contribution in [0.4, 0.5) is 0 Å². The molecule has 0 amide bonds. The van der Waals surface area contributed by atoms with Crippen LogP contribution in [0.5, 0.6) is 0 Å². The normalized spacial score (nSPS) is 42.7. The molecule has 2 fully saturated rings. The van der Waals surface area contributed by atoms with E-state index in [9.17, 15) is 0 Å². The summed E-state index contributed by atoms with van der Waals surface area (Å²) in [4.78, 5) is 0. The fraction of sp³-hybridized carbons (Fsp3) is 0.857. The summed E-state index contributed by atoms with van der Waals surface area (Å²) in [5.41, 5.74) is 0. The second kappa shape index (κ2) is 2.27. The van der Waals surface area contributed by atoms with E-state index < -0.39 is 0 Å². The molecule has 2 atom stereocenters. The Bertz CT molecular complexity index is 91.1. The third-order valence-electron chi connectivity index (χ3n) is 2.36. The molecule has 2 unspecified atom stereocenters. The molecular weight excluding hydrogens is 112 g/mol. The molecule has 51 valence electrons. The minimum Gasteiger partial charge on any atom is -0.312 e. The van der Waals surface area contributed by atoms with Crippen molar-refractivity contribution in [2.24, 2.45) is 5.92 Å². The Kier molecular flexibility index (Phi) is 1.44. The van der Waals surface area contributed by atoms with Crippen molar-refractivity contribution in [3.05, 3.63) is 6.54 Å². The lowest BCUT2D eigenvalue weighted by Crippen LogP contribution is -2.39. The summed E-state index contributed by atoms with van der Waals surface area (Å²) in [6.07, 6.45) is 2.73. The molecule has 2 heterocycles. The fourth-order valence-electron chi connectivity index (χ4n) is 1.78. The molecule has 0 spiro atoms. The van der Waals surface area contributed by atoms with Gasteiger partial charge < -0.3 is 10.6 Å². The van der Waals surface area contributed by atoms with Crippen molar-refractivity contribution in [2.45, 2.75) is 18.9 Å². The Morgan fingerprint density at radius 3 is 3.00 bits per heavy atom. The zero-order valence-corrected chi connectivity index (χ0v) is 5.56. The van der Waals surface area contributed by atoms with Crippen LogP contribution in [0, 0.1) is 12.5 Å². The van der Waals surface area contributed by atoms with E-state index in [1.807, 2.05) is 0 Å². The van der Waals surface area contributed by atoms with Crippen LogP contribution in [0.25, 0.3) is 0 Å². The van der Waals surface area contributed by atoms with Crippen molar-refractivity contribution < 1.29 is 0 Å². The molecule has 2 saturated heterocycles. The van der Waals surface area contributed by atoms with Gasteiger partial charge in [-0.25, -0.2) is 0 Å². The third-order valence-corrected chi connectivity index (χ3v) is 2.36. The smallest absolute Gasteiger partial charge is 0.0393 e. The lowest BCUT2D eigenvalue weighted by Gasteiger charge is -2.24. The molecular formula is C7H13N2. The van der Waals surface area contributed by atoms with Crippen LogP contribution in [-0.4, -0.2) is 19.1 Å². The van der Waals surface area contributed by atoms with Crippen LogP contribution in [0.1, 0.15) is 12.8 Å². The molecule has 2 nitrogen and oxygen atoms in total. The summed E-state index contributed by atoms with van der Waals surface area (Å²) in [6, 6.07) is 0.679. The molecule has 2 N–H and O–H groups in total. The van der Waals surface area contributed by atoms with Gasteiger partial charge in [-0.2, -0.15) is 0 Å². The lowest BCUT2D eigenvalue weighted by molar-refractivity contribution is 0.385. The van der Waals surface area contributed by atoms with Crippen LogP contribution in [-0.2, 0) is 0 Å². The summed E-state index contributed by atoms with van der Waals surface area (Å²) in [5.74, 6) is 0.936. The molecule has 0 aliphatic carbocycles. The first kappa shape index (κ1) is 5.69. The molecule has 2 rings (SSSR count). The molecule has 0 bridgehead atoms. The van der Waals surface area contributed by atoms with Gasteiger partial charge in [-0.05, 0) is 31.8 Å². The number of piperidine rings is 1. The highest BCUT2D eigenvalue weighted by Gasteiger charge is 2.28. The standard InChI is InChI=1S/C7H13N2/c1-3-8-5-7-6(1)2-4-9-7/h5-9H,1-4H2. The molecule has 0 aromatic rings. The molecule has 9 heavy (non-hydrogen) atoms. The van der Waals surface area contributed by atoms with Crippen molar-refractivity contribution in [2.75, 3.05) is 13.1 Å². The first-order valence-electron chi connectivity index (χ1n) is 3.77. The first-order valence-corrected chi connectivity index (χ1v) is 3.77. The molecule has 0 aromatic heterocycles. The van der Waals surface area contributed by atoms with Gasteiger partial charge in [0.25, 0.3) is 0 Å². The fourth-order valence-corrected chi connectivity index (χ4v) is 1.78. The van der Waals surface area contributed by atoms with E-state index in [0.717, 1.165) is 5.92 Å². The lowest BCUT2D eigenvalue weighted by atomic mass is 9.94. The first-order chi connectivity index (χ1) is 4.47. The van der Waals surface area contributed by atoms with Crippen LogP contribution >= 0.6 is 0 Å². The Morgan fingerprint density at radius 2 is 2.11 bits per heavy atom. The van der Waals surface area contributed by atoms with Gasteiger partial charge in [-0.15, -0.1) is 0 Å². The highest BCUT2D eigenvalue weighted by molar-refractivity contribution is 4.95. The molecule has 1 radical (unpaired) electrons. The Balaban J connectivity index is 1.97. The maximum Gasteiger partial charge on any atom is 0.0393 e. The monoisotopic (exact) mass is 125 g/mol. The van der Waals surface area contributed by atoms with Crippen LogP contribution in [0.3, 0.4) is 0 Å². The molecule has 0 aromatic carbocycles. The van der Waals surface area contributed by atoms with Crippen molar-refractivity contribution in [3.8, 4) is 0 Å². The maximum atomic E-state index is 3.44. The zero-order chi connectivity index (χ0) is 6.10. The highest BCUT2D eigenvalue weighted by atomic mass is 15.0. The zero-order valence-electron chi connectivity index (χ0n) is 5.56. The number of rotatable bonds is 0. The van der Waals surface area contributed by atoms with Gasteiger partial charge in [0.1, 0.15) is 0 Å². The number of hydrogen-bond acceptors (Lipinski definition) is 2. The number of nitrogens with one attached hydrogen (secondary N) is 2. The van der Waals surface area contributed by atoms with Crippen molar-refractivity contribution in [3.63, 3.8) is 0 Å². The predicted molar refractivity (Wildman–Crippen MR) is 36.8 cm³/mol. The maximum absolute atomic E-state index is 3.44. The van der Waals surface area contributed by atoms with Gasteiger partial charge in [-0.3, -0.25) is 0 Å². The molecule has 0 saturated carbocycles. The summed E-state index contributed by atoms with van der Waals surface area (Å²) in [5, 5.41) is 6.71. The van der Waals surface area contributed by atoms with E-state index in [1.54, 1.807) is 0 Å². The molecule has 2 aliphatic rings. The second-order valence-electron chi connectivity index (χ2n) is 2.94. The van der Waals surface area contributed by atoms with E-state index in [-0.39, 0.29) is 0 Å². The van der Waals surface area contributed by atoms with Crippen molar-refractivity contribution in [1.82, 2.24) is 10.6 Å². The van der Waals surface area contributed by atoms with Gasteiger partial charge in [0.15, 0.2) is 0 Å². The number of hydrogen-bond donors (Lipinski definition) is 2. The average molecular weight is 125 g/mol. The minimum absolute atomic E-state index is 0.679. The van der Waals surface area contributed by atoms with Crippen molar-refractivity contribution >= 4 is 0 Å². The van der Waals surface area contributed by atoms with E-state index in [2.05, 4.69) is 17.2 Å². The van der Waals surface area contributed by atoms with E-state index in [0.29, 0.717) is 6.04 Å². The van der Waals surface area contributed by atoms with Gasteiger partial charge in [0.05, 0.1) is 0 Å². The van der Waals surface area contributed by atoms with Crippen LogP contribution in [0.2, 0.25) is 0 Å². The quantitative estimate of drug-likeness (QED) is 0.480. The van der Waals surface area contributed by atoms with Gasteiger partial charge >= 0.3 is 0 Å². The summed E-state index contributed by atoms with van der Waals surface area (Å²) in [6.45, 7) is 4.61. The highest BCUT2D eigenvalue weighted by Crippen LogP contribution is 2.22. The van der Waals surface area contributed by atoms with Crippen LogP contribution in [0.15, 0.2) is 0 Å². The van der Waals surface area contributed by atoms with Gasteiger partial charge in [0, 0.05) is 12.6 Å². The number of fused-ring (bicyclic) bond motifs is 1. The van der Waals surface area contributed by atoms with Crippen molar-refractivity contribution in [1.29, 1.82) is 0 Å². The average Bonchev–Trinajstić information content (AvgIpc) is 2.33. The Morgan fingerprint density at radius 1 is 1.22 bits per heavy atom. The van der Waals surface area contributed by atoms with E-state index in [4.69, 9.17) is 0 Å². The Hall–Kier alpha value is -0.0800.